The summed E-state index contributed by atoms with van der Waals surface area (Å²) in [6, 6.07) is 2.74. The van der Waals surface area contributed by atoms with Crippen LogP contribution in [-0.4, -0.2) is 48.7 Å². The summed E-state index contributed by atoms with van der Waals surface area (Å²) in [5.74, 6) is 0. The summed E-state index contributed by atoms with van der Waals surface area (Å²) in [4.78, 5) is 0. The van der Waals surface area contributed by atoms with Crippen LogP contribution in [0.3, 0.4) is 0 Å². The van der Waals surface area contributed by atoms with Gasteiger partial charge in [-0.05, 0) is 38.8 Å². The highest BCUT2D eigenvalue weighted by Gasteiger charge is 2.49. The van der Waals surface area contributed by atoms with Crippen LogP contribution in [0.5, 0.6) is 0 Å². The minimum absolute atomic E-state index is 0.173. The average molecular weight is 262 g/mol. The molecule has 1 fully saturated rings. The maximum Gasteiger partial charge on any atom is 0.191 e. The molecular formula is C9H27N3Si3. The molecule has 6 heteroatoms. The molecule has 0 atom stereocenters. The SMILES string of the molecule is CCN1[Si](CC)(CC)N[SiH2]N(C)[Si]1(C)C. The molecule has 90 valence electrons. The number of nitrogens with one attached hydrogen (secondary N) is 1. The first-order chi connectivity index (χ1) is 6.94. The van der Waals surface area contributed by atoms with Gasteiger partial charge in [-0.15, -0.1) is 0 Å². The van der Waals surface area contributed by atoms with Crippen molar-refractivity contribution in [3.8, 4) is 0 Å². The Morgan fingerprint density at radius 3 is 2.07 bits per heavy atom. The number of rotatable bonds is 3. The Labute approximate surface area is 99.5 Å². The van der Waals surface area contributed by atoms with Gasteiger partial charge in [-0.2, -0.15) is 0 Å². The number of nitrogens with zero attached hydrogens (tertiary/aromatic N) is 2. The summed E-state index contributed by atoms with van der Waals surface area (Å²) >= 11 is 0. The molecule has 0 spiro atoms. The van der Waals surface area contributed by atoms with Crippen molar-refractivity contribution in [3.63, 3.8) is 0 Å². The maximum absolute atomic E-state index is 4.00. The molecule has 1 N–H and O–H groups in total. The Kier molecular flexibility index (Phi) is 4.35. The van der Waals surface area contributed by atoms with Crippen LogP contribution >= 0.6 is 0 Å². The van der Waals surface area contributed by atoms with E-state index in [1.807, 2.05) is 0 Å². The quantitative estimate of drug-likeness (QED) is 0.766. The normalized spacial score (nSPS) is 28.4. The van der Waals surface area contributed by atoms with Gasteiger partial charge in [0, 0.05) is 0 Å². The third-order valence-electron chi connectivity index (χ3n) is 4.24. The first kappa shape index (κ1) is 13.6. The minimum Gasteiger partial charge on any atom is -0.341 e. The summed E-state index contributed by atoms with van der Waals surface area (Å²) in [6.45, 7) is 13.4. The Bertz CT molecular complexity index is 219. The predicted molar refractivity (Wildman–Crippen MR) is 76.0 cm³/mol. The van der Waals surface area contributed by atoms with E-state index in [2.05, 4.69) is 54.0 Å². The van der Waals surface area contributed by atoms with Gasteiger partial charge in [-0.3, -0.25) is 0 Å². The lowest BCUT2D eigenvalue weighted by atomic mass is 10.8. The fourth-order valence-electron chi connectivity index (χ4n) is 2.86. The van der Waals surface area contributed by atoms with Crippen molar-refractivity contribution in [1.29, 1.82) is 0 Å². The standard InChI is InChI=1S/C9H27N3Si3/c1-7-12-14(5,6)11(4)13-10-15(12,8-2)9-3/h10H,7-9,13H2,1-6H3. The number of hydrogen-bond acceptors (Lipinski definition) is 3. The smallest absolute Gasteiger partial charge is 0.191 e. The van der Waals surface area contributed by atoms with Crippen LogP contribution in [0, 0.1) is 0 Å². The van der Waals surface area contributed by atoms with Gasteiger partial charge < -0.3 is 13.1 Å². The van der Waals surface area contributed by atoms with Crippen molar-refractivity contribution in [2.75, 3.05) is 13.6 Å². The molecule has 0 amide bonds. The fourth-order valence-corrected chi connectivity index (χ4v) is 20.4. The monoisotopic (exact) mass is 261 g/mol. The lowest BCUT2D eigenvalue weighted by molar-refractivity contribution is 0.535. The van der Waals surface area contributed by atoms with Gasteiger partial charge in [-0.1, -0.05) is 20.8 Å². The first-order valence-corrected chi connectivity index (χ1v) is 12.8. The zero-order valence-corrected chi connectivity index (χ0v) is 14.6. The number of hydrogen-bond donors (Lipinski definition) is 1. The molecule has 1 heterocycles. The fraction of sp³-hybridized carbons (Fsp3) is 1.00. The zero-order valence-electron chi connectivity index (χ0n) is 11.2. The van der Waals surface area contributed by atoms with Crippen LogP contribution < -0.4 is 4.65 Å². The van der Waals surface area contributed by atoms with Gasteiger partial charge in [0.15, 0.2) is 26.6 Å². The molecule has 0 saturated carbocycles. The average Bonchev–Trinajstić information content (AvgIpc) is 2.22. The van der Waals surface area contributed by atoms with E-state index in [-0.39, 0.29) is 9.84 Å². The maximum atomic E-state index is 4.00. The molecule has 3 nitrogen and oxygen atoms in total. The molecule has 0 bridgehead atoms. The molecule has 15 heavy (non-hydrogen) atoms. The van der Waals surface area contributed by atoms with Crippen LogP contribution in [0.1, 0.15) is 20.8 Å². The molecule has 0 aliphatic carbocycles. The third kappa shape index (κ3) is 2.16. The Morgan fingerprint density at radius 1 is 1.13 bits per heavy atom. The largest absolute Gasteiger partial charge is 0.341 e. The van der Waals surface area contributed by atoms with E-state index in [9.17, 15) is 0 Å². The second kappa shape index (κ2) is 4.80. The van der Waals surface area contributed by atoms with Gasteiger partial charge in [-0.25, -0.2) is 0 Å². The van der Waals surface area contributed by atoms with E-state index in [4.69, 9.17) is 0 Å². The lowest BCUT2D eigenvalue weighted by Crippen LogP contribution is -2.82. The summed E-state index contributed by atoms with van der Waals surface area (Å²) in [5, 5.41) is 0. The first-order valence-electron chi connectivity index (χ1n) is 6.18. The Morgan fingerprint density at radius 2 is 1.67 bits per heavy atom. The Hall–Kier alpha value is 0.531. The van der Waals surface area contributed by atoms with Crippen LogP contribution in [-0.2, 0) is 0 Å². The summed E-state index contributed by atoms with van der Waals surface area (Å²) in [5.41, 5.74) is 0. The molecule has 0 unspecified atom stereocenters. The Balaban J connectivity index is 3.01. The molecular weight excluding hydrogens is 234 g/mol. The minimum atomic E-state index is -1.27. The van der Waals surface area contributed by atoms with E-state index in [0.717, 1.165) is 0 Å². The molecule has 1 aliphatic heterocycles. The molecule has 0 radical (unpaired) electrons. The highest BCUT2D eigenvalue weighted by molar-refractivity contribution is 6.97. The van der Waals surface area contributed by atoms with Crippen LogP contribution in [0.25, 0.3) is 0 Å². The van der Waals surface area contributed by atoms with Crippen LogP contribution in [0.4, 0.5) is 0 Å². The lowest BCUT2D eigenvalue weighted by Gasteiger charge is -2.57. The second-order valence-electron chi connectivity index (χ2n) is 5.01. The summed E-state index contributed by atoms with van der Waals surface area (Å²) in [6.07, 6.45) is 0. The van der Waals surface area contributed by atoms with Crippen molar-refractivity contribution in [3.05, 3.63) is 0 Å². The van der Waals surface area contributed by atoms with E-state index < -0.39 is 16.8 Å². The van der Waals surface area contributed by atoms with E-state index in [0.29, 0.717) is 0 Å². The van der Waals surface area contributed by atoms with Gasteiger partial charge in [0.1, 0.15) is 0 Å². The van der Waals surface area contributed by atoms with E-state index >= 15 is 0 Å². The molecule has 1 aliphatic rings. The molecule has 0 aromatic rings. The highest BCUT2D eigenvalue weighted by atomic mass is 28.5. The van der Waals surface area contributed by atoms with Gasteiger partial charge in [0.05, 0.1) is 0 Å². The third-order valence-corrected chi connectivity index (χ3v) is 20.9. The van der Waals surface area contributed by atoms with Crippen molar-refractivity contribution in [1.82, 2.24) is 13.1 Å². The topological polar surface area (TPSA) is 18.5 Å². The van der Waals surface area contributed by atoms with Gasteiger partial charge >= 0.3 is 0 Å². The molecule has 1 saturated heterocycles. The predicted octanol–water partition coefficient (Wildman–Crippen LogP) is 1.03. The highest BCUT2D eigenvalue weighted by Crippen LogP contribution is 2.28. The van der Waals surface area contributed by atoms with Crippen LogP contribution in [0.2, 0.25) is 25.2 Å². The zero-order chi connectivity index (χ0) is 11.7. The van der Waals surface area contributed by atoms with Gasteiger partial charge in [0.25, 0.3) is 0 Å². The van der Waals surface area contributed by atoms with E-state index in [1.165, 1.54) is 18.6 Å². The van der Waals surface area contributed by atoms with Crippen LogP contribution in [0.15, 0.2) is 0 Å². The van der Waals surface area contributed by atoms with Crippen molar-refractivity contribution >= 4 is 26.6 Å². The van der Waals surface area contributed by atoms with E-state index in [1.54, 1.807) is 0 Å². The second-order valence-corrected chi connectivity index (χ2v) is 17.1. The molecule has 1 rings (SSSR count). The summed E-state index contributed by atoms with van der Waals surface area (Å²) < 4.78 is 9.59. The van der Waals surface area contributed by atoms with Gasteiger partial charge in [0.2, 0.25) is 0 Å². The molecule has 0 aromatic heterocycles. The summed E-state index contributed by atoms with van der Waals surface area (Å²) in [7, 11) is -0.387. The van der Waals surface area contributed by atoms with Crippen molar-refractivity contribution in [2.24, 2.45) is 0 Å². The molecule has 0 aromatic carbocycles. The van der Waals surface area contributed by atoms with Crippen molar-refractivity contribution in [2.45, 2.75) is 46.0 Å². The van der Waals surface area contributed by atoms with Crippen molar-refractivity contribution < 1.29 is 0 Å².